The van der Waals surface area contributed by atoms with Crippen molar-refractivity contribution in [3.63, 3.8) is 0 Å². The number of rotatable bonds is 2. The molecule has 5 nitrogen and oxygen atoms in total. The zero-order chi connectivity index (χ0) is 11.7. The minimum Gasteiger partial charge on any atom is -0.467 e. The lowest BCUT2D eigenvalue weighted by molar-refractivity contribution is -0.143. The summed E-state index contributed by atoms with van der Waals surface area (Å²) in [6, 6.07) is 3.18. The van der Waals surface area contributed by atoms with E-state index >= 15 is 0 Å². The van der Waals surface area contributed by atoms with Crippen molar-refractivity contribution in [1.82, 2.24) is 14.5 Å². The van der Waals surface area contributed by atoms with E-state index in [-0.39, 0.29) is 5.97 Å². The number of methoxy groups -OCH3 is 1. The average Bonchev–Trinajstić information content (AvgIpc) is 2.63. The minimum atomic E-state index is -0.485. The molecule has 0 radical (unpaired) electrons. The van der Waals surface area contributed by atoms with Crippen molar-refractivity contribution in [2.45, 2.75) is 13.0 Å². The summed E-state index contributed by atoms with van der Waals surface area (Å²) in [5.41, 5.74) is 1.47. The molecule has 2 aromatic rings. The number of nitrogens with zero attached hydrogens (tertiary/aromatic N) is 2. The first-order valence-corrected chi connectivity index (χ1v) is 5.19. The van der Waals surface area contributed by atoms with E-state index in [4.69, 9.17) is 17.0 Å². The summed E-state index contributed by atoms with van der Waals surface area (Å²) in [6.07, 6.45) is 1.66. The molecule has 0 saturated heterocycles. The van der Waals surface area contributed by atoms with Crippen LogP contribution in [0.3, 0.4) is 0 Å². The Kier molecular flexibility index (Phi) is 2.74. The van der Waals surface area contributed by atoms with Crippen molar-refractivity contribution in [2.75, 3.05) is 7.11 Å². The van der Waals surface area contributed by atoms with E-state index in [0.29, 0.717) is 10.4 Å². The molecule has 2 heterocycles. The van der Waals surface area contributed by atoms with Gasteiger partial charge in [0.25, 0.3) is 0 Å². The lowest BCUT2D eigenvalue weighted by Crippen LogP contribution is -2.18. The van der Waals surface area contributed by atoms with Crippen LogP contribution in [0.2, 0.25) is 0 Å². The van der Waals surface area contributed by atoms with Crippen molar-refractivity contribution >= 4 is 29.4 Å². The number of hydrogen-bond donors (Lipinski definition) is 1. The van der Waals surface area contributed by atoms with Crippen LogP contribution in [-0.2, 0) is 9.53 Å². The number of aromatic nitrogens is 3. The van der Waals surface area contributed by atoms with Gasteiger partial charge >= 0.3 is 5.97 Å². The van der Waals surface area contributed by atoms with Crippen molar-refractivity contribution in [2.24, 2.45) is 0 Å². The molecule has 1 unspecified atom stereocenters. The monoisotopic (exact) mass is 237 g/mol. The lowest BCUT2D eigenvalue weighted by Gasteiger charge is -2.10. The van der Waals surface area contributed by atoms with Gasteiger partial charge in [-0.3, -0.25) is 4.57 Å². The molecule has 0 aliphatic heterocycles. The van der Waals surface area contributed by atoms with Gasteiger partial charge in [0.05, 0.1) is 12.6 Å². The highest BCUT2D eigenvalue weighted by Crippen LogP contribution is 2.17. The normalized spacial score (nSPS) is 12.6. The number of imidazole rings is 1. The number of pyridine rings is 1. The maximum Gasteiger partial charge on any atom is 0.328 e. The zero-order valence-corrected chi connectivity index (χ0v) is 9.75. The number of H-pyrrole nitrogens is 1. The van der Waals surface area contributed by atoms with Crippen molar-refractivity contribution in [1.29, 1.82) is 0 Å². The molecule has 0 saturated carbocycles. The molecule has 2 rings (SSSR count). The molecular formula is C10H11N3O2S. The van der Waals surface area contributed by atoms with E-state index in [1.165, 1.54) is 7.11 Å². The van der Waals surface area contributed by atoms with Gasteiger partial charge < -0.3 is 9.72 Å². The smallest absolute Gasteiger partial charge is 0.328 e. The summed E-state index contributed by atoms with van der Waals surface area (Å²) in [7, 11) is 1.35. The van der Waals surface area contributed by atoms with E-state index in [1.54, 1.807) is 23.8 Å². The van der Waals surface area contributed by atoms with Crippen LogP contribution in [0.4, 0.5) is 0 Å². The summed E-state index contributed by atoms with van der Waals surface area (Å²) in [5, 5.41) is 0. The maximum atomic E-state index is 11.5. The van der Waals surface area contributed by atoms with Crippen LogP contribution in [0.25, 0.3) is 11.2 Å². The third kappa shape index (κ3) is 1.61. The number of nitrogens with one attached hydrogen (secondary N) is 1. The number of ether oxygens (including phenoxy) is 1. The Bertz CT molecular complexity index is 587. The molecule has 2 aromatic heterocycles. The number of carbonyl (C=O) groups is 1. The average molecular weight is 237 g/mol. The van der Waals surface area contributed by atoms with Crippen LogP contribution < -0.4 is 0 Å². The van der Waals surface area contributed by atoms with Crippen LogP contribution >= 0.6 is 12.2 Å². The molecule has 0 amide bonds. The standard InChI is InChI=1S/C10H11N3O2S/c1-6(9(14)15-2)13-8-7(12-10(13)16)4-3-5-11-8/h3-6H,1-2H3,(H,12,16). The number of hydrogen-bond acceptors (Lipinski definition) is 4. The molecule has 1 N–H and O–H groups in total. The molecule has 0 bridgehead atoms. The summed E-state index contributed by atoms with van der Waals surface area (Å²) in [5.74, 6) is -0.345. The second-order valence-corrected chi connectivity index (χ2v) is 3.76. The highest BCUT2D eigenvalue weighted by Gasteiger charge is 2.19. The Morgan fingerprint density at radius 2 is 2.44 bits per heavy atom. The van der Waals surface area contributed by atoms with Crippen molar-refractivity contribution in [3.05, 3.63) is 23.1 Å². The Balaban J connectivity index is 2.64. The zero-order valence-electron chi connectivity index (χ0n) is 8.93. The van der Waals surface area contributed by atoms with Gasteiger partial charge in [-0.05, 0) is 31.3 Å². The van der Waals surface area contributed by atoms with E-state index in [0.717, 1.165) is 5.52 Å². The molecule has 0 aliphatic carbocycles. The molecular weight excluding hydrogens is 226 g/mol. The van der Waals surface area contributed by atoms with Gasteiger partial charge in [0.1, 0.15) is 6.04 Å². The molecule has 16 heavy (non-hydrogen) atoms. The number of esters is 1. The van der Waals surface area contributed by atoms with E-state index in [2.05, 4.69) is 9.97 Å². The van der Waals surface area contributed by atoms with Crippen LogP contribution in [0.1, 0.15) is 13.0 Å². The molecule has 0 spiro atoms. The van der Waals surface area contributed by atoms with Crippen molar-refractivity contribution in [3.8, 4) is 0 Å². The third-order valence-corrected chi connectivity index (χ3v) is 2.70. The Morgan fingerprint density at radius 3 is 3.12 bits per heavy atom. The topological polar surface area (TPSA) is 59.9 Å². The summed E-state index contributed by atoms with van der Waals surface area (Å²) in [4.78, 5) is 18.7. The summed E-state index contributed by atoms with van der Waals surface area (Å²) in [6.45, 7) is 1.73. The van der Waals surface area contributed by atoms with Gasteiger partial charge in [-0.15, -0.1) is 0 Å². The van der Waals surface area contributed by atoms with Gasteiger partial charge in [0, 0.05) is 6.20 Å². The van der Waals surface area contributed by atoms with Gasteiger partial charge in [-0.2, -0.15) is 0 Å². The fourth-order valence-electron chi connectivity index (χ4n) is 1.59. The van der Waals surface area contributed by atoms with Gasteiger partial charge in [-0.1, -0.05) is 0 Å². The highest BCUT2D eigenvalue weighted by atomic mass is 32.1. The molecule has 0 aliphatic rings. The molecule has 1 atom stereocenters. The highest BCUT2D eigenvalue weighted by molar-refractivity contribution is 7.71. The van der Waals surface area contributed by atoms with Crippen LogP contribution in [-0.4, -0.2) is 27.6 Å². The fraction of sp³-hybridized carbons (Fsp3) is 0.300. The quantitative estimate of drug-likeness (QED) is 0.639. The molecule has 6 heteroatoms. The number of fused-ring (bicyclic) bond motifs is 1. The van der Waals surface area contributed by atoms with Crippen molar-refractivity contribution < 1.29 is 9.53 Å². The molecule has 84 valence electrons. The van der Waals surface area contributed by atoms with Crippen LogP contribution in [0, 0.1) is 4.77 Å². The van der Waals surface area contributed by atoms with Gasteiger partial charge in [0.15, 0.2) is 10.4 Å². The molecule has 0 fully saturated rings. The third-order valence-electron chi connectivity index (χ3n) is 2.40. The SMILES string of the molecule is COC(=O)C(C)n1c(=S)[nH]c2cccnc21. The Labute approximate surface area is 97.1 Å². The Hall–Kier alpha value is -1.69. The number of carbonyl (C=O) groups excluding carboxylic acids is 1. The van der Waals surface area contributed by atoms with Crippen LogP contribution in [0.15, 0.2) is 18.3 Å². The molecule has 0 aromatic carbocycles. The first kappa shape index (κ1) is 10.8. The largest absolute Gasteiger partial charge is 0.467 e. The first-order valence-electron chi connectivity index (χ1n) is 4.78. The fourth-order valence-corrected chi connectivity index (χ4v) is 1.95. The second kappa shape index (κ2) is 4.05. The van der Waals surface area contributed by atoms with Crippen LogP contribution in [0.5, 0.6) is 0 Å². The predicted octanol–water partition coefficient (Wildman–Crippen LogP) is 1.83. The van der Waals surface area contributed by atoms with Gasteiger partial charge in [-0.25, -0.2) is 9.78 Å². The second-order valence-electron chi connectivity index (χ2n) is 3.37. The minimum absolute atomic E-state index is 0.345. The Morgan fingerprint density at radius 1 is 1.69 bits per heavy atom. The van der Waals surface area contributed by atoms with E-state index in [1.807, 2.05) is 6.07 Å². The summed E-state index contributed by atoms with van der Waals surface area (Å²) >= 11 is 5.16. The van der Waals surface area contributed by atoms with E-state index in [9.17, 15) is 4.79 Å². The summed E-state index contributed by atoms with van der Waals surface area (Å²) < 4.78 is 6.81. The first-order chi connectivity index (χ1) is 7.65. The van der Waals surface area contributed by atoms with E-state index < -0.39 is 6.04 Å². The number of aromatic amines is 1. The lowest BCUT2D eigenvalue weighted by atomic mass is 10.3. The predicted molar refractivity (Wildman–Crippen MR) is 61.6 cm³/mol. The maximum absolute atomic E-state index is 11.5. The van der Waals surface area contributed by atoms with Gasteiger partial charge in [0.2, 0.25) is 0 Å².